The quantitative estimate of drug-likeness (QED) is 0.679. The van der Waals surface area contributed by atoms with E-state index in [2.05, 4.69) is 11.4 Å². The number of nitriles is 1. The van der Waals surface area contributed by atoms with E-state index >= 15 is 0 Å². The average Bonchev–Trinajstić information content (AvgIpc) is 2.69. The first-order valence-corrected chi connectivity index (χ1v) is 6.44. The van der Waals surface area contributed by atoms with Gasteiger partial charge in [0, 0.05) is 5.75 Å². The summed E-state index contributed by atoms with van der Waals surface area (Å²) in [5, 5.41) is 12.1. The number of rotatable bonds is 2. The molecule has 88 valence electrons. The van der Waals surface area contributed by atoms with Gasteiger partial charge in [-0.15, -0.1) is 11.8 Å². The van der Waals surface area contributed by atoms with Gasteiger partial charge in [0.2, 0.25) is 5.91 Å². The number of thioether (sulfide) groups is 1. The highest BCUT2D eigenvalue weighted by Gasteiger charge is 2.50. The average molecular weight is 240 g/mol. The third kappa shape index (κ3) is 1.90. The lowest BCUT2D eigenvalue weighted by molar-refractivity contribution is -0.138. The van der Waals surface area contributed by atoms with Crippen molar-refractivity contribution in [1.82, 2.24) is 10.2 Å². The number of amides is 1. The summed E-state index contributed by atoms with van der Waals surface area (Å²) in [6, 6.07) is 1.74. The summed E-state index contributed by atoms with van der Waals surface area (Å²) in [6.45, 7) is 3.25. The topological polar surface area (TPSA) is 82.2 Å². The van der Waals surface area contributed by atoms with Crippen LogP contribution in [0, 0.1) is 11.3 Å². The molecule has 0 aromatic carbocycles. The van der Waals surface area contributed by atoms with Gasteiger partial charge in [-0.05, 0) is 6.42 Å². The Morgan fingerprint density at radius 2 is 2.50 bits per heavy atom. The summed E-state index contributed by atoms with van der Waals surface area (Å²) in [4.78, 5) is 13.4. The molecule has 5 nitrogen and oxygen atoms in total. The monoisotopic (exact) mass is 240 g/mol. The number of carbonyl (C=O) groups is 1. The van der Waals surface area contributed by atoms with E-state index in [0.29, 0.717) is 19.5 Å². The van der Waals surface area contributed by atoms with Crippen LogP contribution in [0.5, 0.6) is 0 Å². The molecule has 2 saturated heterocycles. The fourth-order valence-electron chi connectivity index (χ4n) is 2.03. The van der Waals surface area contributed by atoms with E-state index in [-0.39, 0.29) is 22.9 Å². The minimum absolute atomic E-state index is 0.0240. The maximum Gasteiger partial charge on any atom is 0.239 e. The van der Waals surface area contributed by atoms with Crippen molar-refractivity contribution in [1.29, 1.82) is 5.26 Å². The summed E-state index contributed by atoms with van der Waals surface area (Å²) < 4.78 is 0. The van der Waals surface area contributed by atoms with Crippen LogP contribution in [-0.2, 0) is 4.79 Å². The van der Waals surface area contributed by atoms with Crippen LogP contribution in [-0.4, -0.2) is 46.6 Å². The predicted octanol–water partition coefficient (Wildman–Crippen LogP) is -0.509. The molecule has 0 saturated carbocycles. The highest BCUT2D eigenvalue weighted by Crippen LogP contribution is 2.38. The van der Waals surface area contributed by atoms with Crippen molar-refractivity contribution in [3.63, 3.8) is 0 Å². The van der Waals surface area contributed by atoms with E-state index in [4.69, 9.17) is 11.0 Å². The molecule has 3 N–H and O–H groups in total. The molecule has 0 aliphatic carbocycles. The Labute approximate surface area is 99.3 Å². The molecule has 2 rings (SSSR count). The van der Waals surface area contributed by atoms with Crippen LogP contribution in [0.15, 0.2) is 0 Å². The standard InChI is InChI=1S/C10H16N4OS/c1-2-8(12)9(15)14-5-10(6-14)13-7(3-11)4-16-10/h7-8,13H,2,4-6,12H2,1H3/t7-,8+/m1/s1. The molecular weight excluding hydrogens is 224 g/mol. The summed E-state index contributed by atoms with van der Waals surface area (Å²) in [6.07, 6.45) is 0.670. The van der Waals surface area contributed by atoms with Gasteiger partial charge in [-0.1, -0.05) is 6.92 Å². The van der Waals surface area contributed by atoms with E-state index in [0.717, 1.165) is 5.75 Å². The largest absolute Gasteiger partial charge is 0.336 e. The van der Waals surface area contributed by atoms with Gasteiger partial charge in [-0.3, -0.25) is 10.1 Å². The van der Waals surface area contributed by atoms with Gasteiger partial charge in [0.15, 0.2) is 0 Å². The van der Waals surface area contributed by atoms with Gasteiger partial charge in [0.25, 0.3) is 0 Å². The minimum atomic E-state index is -0.379. The number of nitrogens with two attached hydrogens (primary N) is 1. The molecule has 0 unspecified atom stereocenters. The molecule has 2 heterocycles. The Bertz CT molecular complexity index is 334. The van der Waals surface area contributed by atoms with E-state index in [1.165, 1.54) is 0 Å². The smallest absolute Gasteiger partial charge is 0.239 e. The van der Waals surface area contributed by atoms with Crippen molar-refractivity contribution in [2.75, 3.05) is 18.8 Å². The maximum atomic E-state index is 11.7. The summed E-state index contributed by atoms with van der Waals surface area (Å²) in [5.41, 5.74) is 5.70. The Kier molecular flexibility index (Phi) is 3.10. The number of nitrogens with zero attached hydrogens (tertiary/aromatic N) is 2. The van der Waals surface area contributed by atoms with Crippen molar-refractivity contribution in [2.24, 2.45) is 5.73 Å². The van der Waals surface area contributed by atoms with E-state index in [1.54, 1.807) is 16.7 Å². The second kappa shape index (κ2) is 4.24. The SMILES string of the molecule is CC[C@H](N)C(=O)N1CC2(C1)N[C@H](C#N)CS2. The van der Waals surface area contributed by atoms with E-state index in [9.17, 15) is 4.79 Å². The number of likely N-dealkylation sites (tertiary alicyclic amines) is 1. The normalized spacial score (nSPS) is 28.6. The Balaban J connectivity index is 1.86. The van der Waals surface area contributed by atoms with Crippen molar-refractivity contribution in [3.8, 4) is 6.07 Å². The lowest BCUT2D eigenvalue weighted by Crippen LogP contribution is -2.69. The number of hydrogen-bond acceptors (Lipinski definition) is 5. The number of carbonyl (C=O) groups excluding carboxylic acids is 1. The van der Waals surface area contributed by atoms with Crippen molar-refractivity contribution in [2.45, 2.75) is 30.3 Å². The molecule has 0 aromatic heterocycles. The Morgan fingerprint density at radius 3 is 3.00 bits per heavy atom. The summed E-state index contributed by atoms with van der Waals surface area (Å²) >= 11 is 1.74. The van der Waals surface area contributed by atoms with Crippen LogP contribution >= 0.6 is 11.8 Å². The molecule has 16 heavy (non-hydrogen) atoms. The lowest BCUT2D eigenvalue weighted by atomic mass is 10.0. The van der Waals surface area contributed by atoms with Crippen molar-refractivity contribution >= 4 is 17.7 Å². The first-order valence-electron chi connectivity index (χ1n) is 5.46. The van der Waals surface area contributed by atoms with Gasteiger partial charge < -0.3 is 10.6 Å². The second-order valence-corrected chi connectivity index (χ2v) is 5.74. The third-order valence-corrected chi connectivity index (χ3v) is 4.51. The number of nitrogens with one attached hydrogen (secondary N) is 1. The molecule has 0 bridgehead atoms. The summed E-state index contributed by atoms with van der Waals surface area (Å²) in [5.74, 6) is 0.828. The molecule has 6 heteroatoms. The maximum absolute atomic E-state index is 11.7. The lowest BCUT2D eigenvalue weighted by Gasteiger charge is -2.48. The Hall–Kier alpha value is -0.770. The van der Waals surface area contributed by atoms with E-state index in [1.807, 2.05) is 6.92 Å². The molecular formula is C10H16N4OS. The minimum Gasteiger partial charge on any atom is -0.336 e. The molecule has 2 atom stereocenters. The van der Waals surface area contributed by atoms with Crippen LogP contribution in [0.3, 0.4) is 0 Å². The molecule has 2 aliphatic rings. The first kappa shape index (κ1) is 11.7. The fourth-order valence-corrected chi connectivity index (χ4v) is 3.39. The molecule has 0 aromatic rings. The van der Waals surface area contributed by atoms with Crippen LogP contribution in [0.4, 0.5) is 0 Å². The second-order valence-electron chi connectivity index (χ2n) is 4.34. The van der Waals surface area contributed by atoms with Gasteiger partial charge in [0.05, 0.1) is 25.2 Å². The van der Waals surface area contributed by atoms with Crippen LogP contribution in [0.1, 0.15) is 13.3 Å². The molecule has 2 aliphatic heterocycles. The zero-order chi connectivity index (χ0) is 11.8. The number of hydrogen-bond donors (Lipinski definition) is 2. The van der Waals surface area contributed by atoms with Crippen molar-refractivity contribution < 1.29 is 4.79 Å². The molecule has 1 spiro atoms. The molecule has 1 amide bonds. The van der Waals surface area contributed by atoms with E-state index < -0.39 is 0 Å². The van der Waals surface area contributed by atoms with Gasteiger partial charge in [-0.2, -0.15) is 5.26 Å². The van der Waals surface area contributed by atoms with Crippen LogP contribution in [0.25, 0.3) is 0 Å². The molecule has 0 radical (unpaired) electrons. The predicted molar refractivity (Wildman–Crippen MR) is 62.6 cm³/mol. The van der Waals surface area contributed by atoms with Gasteiger partial charge in [-0.25, -0.2) is 0 Å². The van der Waals surface area contributed by atoms with Crippen molar-refractivity contribution in [3.05, 3.63) is 0 Å². The highest BCUT2D eigenvalue weighted by atomic mass is 32.2. The van der Waals surface area contributed by atoms with Gasteiger partial charge >= 0.3 is 0 Å². The van der Waals surface area contributed by atoms with Gasteiger partial charge in [0.1, 0.15) is 10.9 Å². The molecule has 2 fully saturated rings. The Morgan fingerprint density at radius 1 is 1.81 bits per heavy atom. The third-order valence-electron chi connectivity index (χ3n) is 3.08. The summed E-state index contributed by atoms with van der Waals surface area (Å²) in [7, 11) is 0. The van der Waals surface area contributed by atoms with Crippen LogP contribution in [0.2, 0.25) is 0 Å². The zero-order valence-electron chi connectivity index (χ0n) is 9.27. The fraction of sp³-hybridized carbons (Fsp3) is 0.800. The van der Waals surface area contributed by atoms with Crippen LogP contribution < -0.4 is 11.1 Å². The highest BCUT2D eigenvalue weighted by molar-refractivity contribution is 8.01. The first-order chi connectivity index (χ1) is 7.60. The zero-order valence-corrected chi connectivity index (χ0v) is 10.1.